The topological polar surface area (TPSA) is 55.1 Å². The highest BCUT2D eigenvalue weighted by Crippen LogP contribution is 2.25. The number of thioether (sulfide) groups is 1. The Morgan fingerprint density at radius 3 is 2.76 bits per heavy atom. The first-order valence-electron chi connectivity index (χ1n) is 5.16. The van der Waals surface area contributed by atoms with Gasteiger partial charge < -0.3 is 11.1 Å². The molecule has 1 aromatic rings. The molecule has 6 heteroatoms. The zero-order valence-corrected chi connectivity index (χ0v) is 11.5. The van der Waals surface area contributed by atoms with Gasteiger partial charge in [-0.05, 0) is 36.9 Å². The summed E-state index contributed by atoms with van der Waals surface area (Å²) in [7, 11) is 0. The number of anilines is 1. The highest BCUT2D eigenvalue weighted by Gasteiger charge is 2.04. The van der Waals surface area contributed by atoms with Crippen molar-refractivity contribution in [3.05, 3.63) is 28.2 Å². The van der Waals surface area contributed by atoms with Crippen LogP contribution in [0.2, 0.25) is 10.0 Å². The van der Waals surface area contributed by atoms with Crippen LogP contribution < -0.4 is 11.1 Å². The largest absolute Gasteiger partial charge is 0.330 e. The van der Waals surface area contributed by atoms with E-state index in [-0.39, 0.29) is 5.91 Å². The fourth-order valence-electron chi connectivity index (χ4n) is 1.12. The second-order valence-electron chi connectivity index (χ2n) is 3.37. The fraction of sp³-hybridized carbons (Fsp3) is 0.364. The van der Waals surface area contributed by atoms with Crippen molar-refractivity contribution in [1.82, 2.24) is 0 Å². The summed E-state index contributed by atoms with van der Waals surface area (Å²) in [6.45, 7) is 0.654. The van der Waals surface area contributed by atoms with Crippen molar-refractivity contribution in [3.8, 4) is 0 Å². The molecular weight excluding hydrogens is 279 g/mol. The molecule has 0 aromatic heterocycles. The molecule has 0 atom stereocenters. The van der Waals surface area contributed by atoms with Crippen LogP contribution in [0.15, 0.2) is 18.2 Å². The molecule has 1 amide bonds. The van der Waals surface area contributed by atoms with Crippen molar-refractivity contribution in [2.75, 3.05) is 23.4 Å². The van der Waals surface area contributed by atoms with E-state index < -0.39 is 0 Å². The maximum absolute atomic E-state index is 11.5. The van der Waals surface area contributed by atoms with Crippen molar-refractivity contribution >= 4 is 46.6 Å². The van der Waals surface area contributed by atoms with E-state index in [9.17, 15) is 4.79 Å². The van der Waals surface area contributed by atoms with E-state index in [4.69, 9.17) is 28.9 Å². The molecule has 0 saturated carbocycles. The number of amides is 1. The van der Waals surface area contributed by atoms with Crippen LogP contribution in [0.1, 0.15) is 6.42 Å². The lowest BCUT2D eigenvalue weighted by molar-refractivity contribution is -0.113. The fourth-order valence-corrected chi connectivity index (χ4v) is 2.19. The first kappa shape index (κ1) is 14.6. The molecule has 0 bridgehead atoms. The zero-order valence-electron chi connectivity index (χ0n) is 9.21. The summed E-state index contributed by atoms with van der Waals surface area (Å²) in [6, 6.07) is 5.00. The van der Waals surface area contributed by atoms with Crippen LogP contribution in [0, 0.1) is 0 Å². The van der Waals surface area contributed by atoms with Gasteiger partial charge in [0.15, 0.2) is 0 Å². The molecule has 0 aliphatic rings. The van der Waals surface area contributed by atoms with Gasteiger partial charge in [-0.25, -0.2) is 0 Å². The maximum atomic E-state index is 11.5. The molecule has 0 radical (unpaired) electrons. The van der Waals surface area contributed by atoms with Gasteiger partial charge in [0.25, 0.3) is 0 Å². The lowest BCUT2D eigenvalue weighted by Gasteiger charge is -2.06. The van der Waals surface area contributed by atoms with Gasteiger partial charge in [-0.1, -0.05) is 23.2 Å². The minimum Gasteiger partial charge on any atom is -0.330 e. The van der Waals surface area contributed by atoms with E-state index in [2.05, 4.69) is 5.32 Å². The SMILES string of the molecule is NCCCSCC(=O)Nc1ccc(Cl)c(Cl)c1. The third-order valence-electron chi connectivity index (χ3n) is 1.93. The summed E-state index contributed by atoms with van der Waals surface area (Å²) in [5.74, 6) is 1.26. The number of carbonyl (C=O) groups excluding carboxylic acids is 1. The van der Waals surface area contributed by atoms with Crippen molar-refractivity contribution in [2.45, 2.75) is 6.42 Å². The number of rotatable bonds is 6. The summed E-state index contributed by atoms with van der Waals surface area (Å²) >= 11 is 13.2. The number of carbonyl (C=O) groups is 1. The maximum Gasteiger partial charge on any atom is 0.234 e. The number of benzene rings is 1. The molecule has 17 heavy (non-hydrogen) atoms. The quantitative estimate of drug-likeness (QED) is 0.793. The Morgan fingerprint density at radius 2 is 2.12 bits per heavy atom. The summed E-state index contributed by atoms with van der Waals surface area (Å²) in [4.78, 5) is 11.5. The van der Waals surface area contributed by atoms with E-state index >= 15 is 0 Å². The van der Waals surface area contributed by atoms with Gasteiger partial charge in [0.1, 0.15) is 0 Å². The first-order chi connectivity index (χ1) is 8.13. The molecule has 3 N–H and O–H groups in total. The Kier molecular flexibility index (Phi) is 6.73. The highest BCUT2D eigenvalue weighted by molar-refractivity contribution is 7.99. The Morgan fingerprint density at radius 1 is 1.35 bits per heavy atom. The molecule has 1 aromatic carbocycles. The molecule has 0 heterocycles. The number of halogens is 2. The average molecular weight is 293 g/mol. The van der Waals surface area contributed by atoms with Crippen LogP contribution in [0.4, 0.5) is 5.69 Å². The minimum absolute atomic E-state index is 0.0505. The Bertz CT molecular complexity index is 388. The van der Waals surface area contributed by atoms with Crippen LogP contribution >= 0.6 is 35.0 Å². The molecule has 0 unspecified atom stereocenters. The zero-order chi connectivity index (χ0) is 12.7. The third kappa shape index (κ3) is 5.64. The molecule has 0 saturated heterocycles. The van der Waals surface area contributed by atoms with Crippen LogP contribution in [-0.4, -0.2) is 24.0 Å². The Balaban J connectivity index is 2.37. The minimum atomic E-state index is -0.0505. The summed E-state index contributed by atoms with van der Waals surface area (Å²) in [5, 5.41) is 3.66. The summed E-state index contributed by atoms with van der Waals surface area (Å²) < 4.78 is 0. The van der Waals surface area contributed by atoms with E-state index in [1.807, 2.05) is 0 Å². The molecular formula is C11H14Cl2N2OS. The highest BCUT2D eigenvalue weighted by atomic mass is 35.5. The Hall–Kier alpha value is -0.420. The van der Waals surface area contributed by atoms with Gasteiger partial charge in [0.05, 0.1) is 15.8 Å². The first-order valence-corrected chi connectivity index (χ1v) is 7.07. The van der Waals surface area contributed by atoms with Crippen LogP contribution in [0.25, 0.3) is 0 Å². The molecule has 3 nitrogen and oxygen atoms in total. The monoisotopic (exact) mass is 292 g/mol. The van der Waals surface area contributed by atoms with E-state index in [0.29, 0.717) is 28.0 Å². The van der Waals surface area contributed by atoms with Crippen LogP contribution in [0.5, 0.6) is 0 Å². The second kappa shape index (κ2) is 7.82. The van der Waals surface area contributed by atoms with Gasteiger partial charge in [0, 0.05) is 5.69 Å². The van der Waals surface area contributed by atoms with Crippen molar-refractivity contribution in [2.24, 2.45) is 5.73 Å². The number of nitrogens with one attached hydrogen (secondary N) is 1. The van der Waals surface area contributed by atoms with Crippen molar-refractivity contribution in [1.29, 1.82) is 0 Å². The molecule has 0 fully saturated rings. The summed E-state index contributed by atoms with van der Waals surface area (Å²) in [5.41, 5.74) is 6.02. The van der Waals surface area contributed by atoms with Gasteiger partial charge in [-0.15, -0.1) is 0 Å². The number of hydrogen-bond donors (Lipinski definition) is 2. The molecule has 1 rings (SSSR count). The molecule has 0 aliphatic heterocycles. The van der Waals surface area contributed by atoms with Gasteiger partial charge >= 0.3 is 0 Å². The average Bonchev–Trinajstić information content (AvgIpc) is 2.30. The van der Waals surface area contributed by atoms with Gasteiger partial charge in [-0.2, -0.15) is 11.8 Å². The normalized spacial score (nSPS) is 10.3. The summed E-state index contributed by atoms with van der Waals surface area (Å²) in [6.07, 6.45) is 0.921. The van der Waals surface area contributed by atoms with Crippen molar-refractivity contribution in [3.63, 3.8) is 0 Å². The standard InChI is InChI=1S/C11H14Cl2N2OS/c12-9-3-2-8(6-10(9)13)15-11(16)7-17-5-1-4-14/h2-3,6H,1,4-5,7,14H2,(H,15,16). The van der Waals surface area contributed by atoms with E-state index in [1.54, 1.807) is 30.0 Å². The second-order valence-corrected chi connectivity index (χ2v) is 5.29. The number of nitrogens with two attached hydrogens (primary N) is 1. The van der Waals surface area contributed by atoms with Gasteiger partial charge in [-0.3, -0.25) is 4.79 Å². The molecule has 0 spiro atoms. The van der Waals surface area contributed by atoms with E-state index in [0.717, 1.165) is 12.2 Å². The lowest BCUT2D eigenvalue weighted by Crippen LogP contribution is -2.14. The van der Waals surface area contributed by atoms with Crippen LogP contribution in [0.3, 0.4) is 0 Å². The van der Waals surface area contributed by atoms with Gasteiger partial charge in [0.2, 0.25) is 5.91 Å². The molecule has 0 aliphatic carbocycles. The van der Waals surface area contributed by atoms with E-state index in [1.165, 1.54) is 0 Å². The smallest absolute Gasteiger partial charge is 0.234 e. The van der Waals surface area contributed by atoms with Crippen LogP contribution in [-0.2, 0) is 4.79 Å². The Labute approximate surface area is 115 Å². The van der Waals surface area contributed by atoms with Crippen molar-refractivity contribution < 1.29 is 4.79 Å². The lowest BCUT2D eigenvalue weighted by atomic mass is 10.3. The molecule has 94 valence electrons. The third-order valence-corrected chi connectivity index (χ3v) is 3.71. The predicted molar refractivity (Wildman–Crippen MR) is 76.1 cm³/mol. The predicted octanol–water partition coefficient (Wildman–Crippen LogP) is 3.01. The number of hydrogen-bond acceptors (Lipinski definition) is 3.